The van der Waals surface area contributed by atoms with Gasteiger partial charge in [-0.1, -0.05) is 0 Å². The van der Waals surface area contributed by atoms with Gasteiger partial charge in [-0.3, -0.25) is 0 Å². The van der Waals surface area contributed by atoms with Crippen LogP contribution in [0.3, 0.4) is 0 Å². The average Bonchev–Trinajstić information content (AvgIpc) is 2.50. The molecule has 0 aromatic heterocycles. The van der Waals surface area contributed by atoms with Crippen LogP contribution in [0.25, 0.3) is 0 Å². The molecule has 0 aliphatic rings. The lowest BCUT2D eigenvalue weighted by molar-refractivity contribution is 0.00571. The number of ether oxygens (including phenoxy) is 2. The molecule has 6 heteroatoms. The molecule has 29 heavy (non-hydrogen) atoms. The van der Waals surface area contributed by atoms with Crippen molar-refractivity contribution in [2.24, 2.45) is 0 Å². The molecule has 0 spiro atoms. The summed E-state index contributed by atoms with van der Waals surface area (Å²) >= 11 is 0. The molecular weight excluding hydrogens is 368 g/mol. The molecule has 0 bridgehead atoms. The van der Waals surface area contributed by atoms with E-state index < -0.39 is 23.1 Å². The molecule has 6 nitrogen and oxygen atoms in total. The molecule has 0 radical (unpaired) electrons. The first kappa shape index (κ1) is 22.3. The van der Waals surface area contributed by atoms with Gasteiger partial charge in [-0.25, -0.2) is 9.59 Å². The summed E-state index contributed by atoms with van der Waals surface area (Å²) in [6, 6.07) is 10.2. The predicted octanol–water partition coefficient (Wildman–Crippen LogP) is 4.35. The van der Waals surface area contributed by atoms with E-state index in [-0.39, 0.29) is 0 Å². The largest absolute Gasteiger partial charge is 0.456 e. The van der Waals surface area contributed by atoms with E-state index in [1.54, 1.807) is 36.4 Å². The van der Waals surface area contributed by atoms with Crippen molar-refractivity contribution in [3.63, 3.8) is 0 Å². The Balaban J connectivity index is 2.30. The molecule has 2 aromatic carbocycles. The number of hydrogen-bond donors (Lipinski definition) is 2. The van der Waals surface area contributed by atoms with Crippen LogP contribution < -0.4 is 11.5 Å². The Morgan fingerprint density at radius 1 is 0.690 bits per heavy atom. The lowest BCUT2D eigenvalue weighted by Gasteiger charge is -2.20. The Labute approximate surface area is 172 Å². The summed E-state index contributed by atoms with van der Waals surface area (Å²) < 4.78 is 10.8. The van der Waals surface area contributed by atoms with E-state index in [2.05, 4.69) is 0 Å². The summed E-state index contributed by atoms with van der Waals surface area (Å²) in [7, 11) is 0. The van der Waals surface area contributed by atoms with Crippen molar-refractivity contribution >= 4 is 23.3 Å². The number of carbonyl (C=O) groups excluding carboxylic acids is 2. The van der Waals surface area contributed by atoms with Crippen LogP contribution in [0, 0.1) is 0 Å². The number of anilines is 2. The number of nitrogens with two attached hydrogens (primary N) is 2. The van der Waals surface area contributed by atoms with Gasteiger partial charge in [-0.05, 0) is 95.5 Å². The van der Waals surface area contributed by atoms with Gasteiger partial charge in [0.25, 0.3) is 0 Å². The Bertz CT molecular complexity index is 846. The molecule has 0 unspecified atom stereocenters. The van der Waals surface area contributed by atoms with Crippen LogP contribution in [-0.2, 0) is 15.9 Å². The quantitative estimate of drug-likeness (QED) is 0.586. The van der Waals surface area contributed by atoms with Crippen LogP contribution >= 0.6 is 0 Å². The molecule has 0 heterocycles. The summed E-state index contributed by atoms with van der Waals surface area (Å²) in [6.07, 6.45) is 0.446. The maximum absolute atomic E-state index is 12.4. The third-order valence-corrected chi connectivity index (χ3v) is 3.71. The summed E-state index contributed by atoms with van der Waals surface area (Å²) in [6.45, 7) is 10.9. The average molecular weight is 399 g/mol. The molecule has 156 valence electrons. The molecule has 0 amide bonds. The summed E-state index contributed by atoms with van der Waals surface area (Å²) in [5, 5.41) is 0. The highest BCUT2D eigenvalue weighted by molar-refractivity contribution is 5.92. The Morgan fingerprint density at radius 3 is 1.34 bits per heavy atom. The molecule has 4 N–H and O–H groups in total. The van der Waals surface area contributed by atoms with Gasteiger partial charge in [-0.2, -0.15) is 0 Å². The second-order valence-corrected chi connectivity index (χ2v) is 9.11. The van der Waals surface area contributed by atoms with E-state index in [0.717, 1.165) is 11.1 Å². The number of rotatable bonds is 4. The van der Waals surface area contributed by atoms with Gasteiger partial charge in [0.1, 0.15) is 11.2 Å². The minimum Gasteiger partial charge on any atom is -0.456 e. The fourth-order valence-electron chi connectivity index (χ4n) is 2.79. The number of nitrogen functional groups attached to an aromatic ring is 2. The van der Waals surface area contributed by atoms with Crippen LogP contribution in [0.5, 0.6) is 0 Å². The van der Waals surface area contributed by atoms with Crippen molar-refractivity contribution in [3.8, 4) is 0 Å². The Kier molecular flexibility index (Phi) is 6.26. The summed E-state index contributed by atoms with van der Waals surface area (Å²) in [4.78, 5) is 24.8. The zero-order valence-corrected chi connectivity index (χ0v) is 18.0. The minimum absolute atomic E-state index is 0.381. The smallest absolute Gasteiger partial charge is 0.338 e. The van der Waals surface area contributed by atoms with E-state index in [1.165, 1.54) is 0 Å². The standard InChI is InChI=1S/C23H30N2O4/c1-22(2,3)28-20(26)16-8-14(10-18(24)12-16)7-15-9-17(13-19(25)11-15)21(27)29-23(4,5)6/h8-13H,7,24-25H2,1-6H3. The Morgan fingerprint density at radius 2 is 1.03 bits per heavy atom. The fourth-order valence-corrected chi connectivity index (χ4v) is 2.79. The van der Waals surface area contributed by atoms with Crippen molar-refractivity contribution in [2.45, 2.75) is 59.2 Å². The van der Waals surface area contributed by atoms with Crippen LogP contribution in [-0.4, -0.2) is 23.1 Å². The monoisotopic (exact) mass is 398 g/mol. The normalized spacial score (nSPS) is 11.8. The van der Waals surface area contributed by atoms with Crippen molar-refractivity contribution in [3.05, 3.63) is 58.7 Å². The van der Waals surface area contributed by atoms with Gasteiger partial charge in [-0.15, -0.1) is 0 Å². The fraction of sp³-hybridized carbons (Fsp3) is 0.391. The van der Waals surface area contributed by atoms with Gasteiger partial charge in [0.05, 0.1) is 11.1 Å². The number of esters is 2. The third kappa shape index (κ3) is 7.14. The highest BCUT2D eigenvalue weighted by atomic mass is 16.6. The van der Waals surface area contributed by atoms with Crippen molar-refractivity contribution in [1.82, 2.24) is 0 Å². The topological polar surface area (TPSA) is 105 Å². The first-order chi connectivity index (χ1) is 13.2. The lowest BCUT2D eigenvalue weighted by Crippen LogP contribution is -2.24. The lowest BCUT2D eigenvalue weighted by atomic mass is 9.99. The molecule has 0 saturated heterocycles. The van der Waals surface area contributed by atoms with E-state index >= 15 is 0 Å². The van der Waals surface area contributed by atoms with Crippen LogP contribution in [0.4, 0.5) is 11.4 Å². The van der Waals surface area contributed by atoms with Crippen LogP contribution in [0.2, 0.25) is 0 Å². The number of benzene rings is 2. The van der Waals surface area contributed by atoms with Gasteiger partial charge < -0.3 is 20.9 Å². The zero-order chi connectivity index (χ0) is 22.0. The molecular formula is C23H30N2O4. The second-order valence-electron chi connectivity index (χ2n) is 9.11. The summed E-state index contributed by atoms with van der Waals surface area (Å²) in [5.74, 6) is -0.874. The molecule has 0 aliphatic heterocycles. The number of carbonyl (C=O) groups is 2. The maximum atomic E-state index is 12.4. The second kappa shape index (κ2) is 8.15. The molecule has 0 atom stereocenters. The molecule has 0 fully saturated rings. The van der Waals surface area contributed by atoms with Crippen molar-refractivity contribution < 1.29 is 19.1 Å². The van der Waals surface area contributed by atoms with E-state index in [1.807, 2.05) is 41.5 Å². The molecule has 0 aliphatic carbocycles. The molecule has 2 rings (SSSR count). The highest BCUT2D eigenvalue weighted by Crippen LogP contribution is 2.22. The zero-order valence-electron chi connectivity index (χ0n) is 18.0. The predicted molar refractivity (Wildman–Crippen MR) is 115 cm³/mol. The van der Waals surface area contributed by atoms with E-state index in [4.69, 9.17) is 20.9 Å². The molecule has 2 aromatic rings. The Hall–Kier alpha value is -3.02. The van der Waals surface area contributed by atoms with Crippen LogP contribution in [0.15, 0.2) is 36.4 Å². The summed E-state index contributed by atoms with van der Waals surface area (Å²) in [5.41, 5.74) is 14.1. The van der Waals surface area contributed by atoms with Gasteiger partial charge in [0.2, 0.25) is 0 Å². The van der Waals surface area contributed by atoms with Crippen LogP contribution in [0.1, 0.15) is 73.4 Å². The third-order valence-electron chi connectivity index (χ3n) is 3.71. The van der Waals surface area contributed by atoms with Gasteiger partial charge in [0.15, 0.2) is 0 Å². The number of hydrogen-bond acceptors (Lipinski definition) is 6. The minimum atomic E-state index is -0.599. The van der Waals surface area contributed by atoms with E-state index in [0.29, 0.717) is 28.9 Å². The van der Waals surface area contributed by atoms with Gasteiger partial charge in [0, 0.05) is 11.4 Å². The highest BCUT2D eigenvalue weighted by Gasteiger charge is 2.20. The van der Waals surface area contributed by atoms with Crippen molar-refractivity contribution in [1.29, 1.82) is 0 Å². The SMILES string of the molecule is CC(C)(C)OC(=O)c1cc(N)cc(Cc2cc(N)cc(C(=O)OC(C)(C)C)c2)c1. The van der Waals surface area contributed by atoms with Gasteiger partial charge >= 0.3 is 11.9 Å². The van der Waals surface area contributed by atoms with Crippen molar-refractivity contribution in [2.75, 3.05) is 11.5 Å². The molecule has 0 saturated carbocycles. The maximum Gasteiger partial charge on any atom is 0.338 e. The first-order valence-corrected chi connectivity index (χ1v) is 9.47. The first-order valence-electron chi connectivity index (χ1n) is 9.47. The van der Waals surface area contributed by atoms with E-state index in [9.17, 15) is 9.59 Å².